The van der Waals surface area contributed by atoms with Crippen molar-refractivity contribution in [1.82, 2.24) is 0 Å². The van der Waals surface area contributed by atoms with Gasteiger partial charge in [0.25, 0.3) is 0 Å². The molecule has 1 aromatic carbocycles. The van der Waals surface area contributed by atoms with Crippen LogP contribution in [-0.4, -0.2) is 29.9 Å². The summed E-state index contributed by atoms with van der Waals surface area (Å²) in [5.74, 6) is 1.03. The average Bonchev–Trinajstić information content (AvgIpc) is 3.03. The number of para-hydroxylation sites is 1. The fourth-order valence-electron chi connectivity index (χ4n) is 1.85. The van der Waals surface area contributed by atoms with Crippen LogP contribution in [0.25, 0.3) is 11.0 Å². The highest BCUT2D eigenvalue weighted by Gasteiger charge is 2.27. The second-order valence-corrected chi connectivity index (χ2v) is 4.94. The maximum absolute atomic E-state index is 11.4. The number of carbonyl (C=O) groups is 1. The van der Waals surface area contributed by atoms with E-state index in [1.165, 1.54) is 18.9 Å². The number of carbonyl (C=O) groups excluding carboxylic acids is 1. The largest absolute Gasteiger partial charge is 0.467 e. The monoisotopic (exact) mass is 261 g/mol. The molecule has 0 saturated carbocycles. The van der Waals surface area contributed by atoms with Crippen LogP contribution < -0.4 is 0 Å². The molecule has 0 aliphatic carbocycles. The topological polar surface area (TPSA) is 51.8 Å². The highest BCUT2D eigenvalue weighted by atomic mass is 32.2. The molecule has 3 rings (SSSR count). The Kier molecular flexibility index (Phi) is 2.83. The number of fused-ring (bicyclic) bond motifs is 1. The van der Waals surface area contributed by atoms with E-state index in [1.54, 1.807) is 0 Å². The molecule has 1 aliphatic rings. The Labute approximate surface area is 108 Å². The van der Waals surface area contributed by atoms with Crippen LogP contribution >= 0.6 is 11.8 Å². The van der Waals surface area contributed by atoms with E-state index in [0.717, 1.165) is 16.0 Å². The molecule has 92 valence electrons. The van der Waals surface area contributed by atoms with Crippen LogP contribution in [-0.2, 0) is 9.53 Å². The molecule has 1 atom stereocenters. The molecule has 0 fully saturated rings. The minimum Gasteiger partial charge on any atom is -0.467 e. The summed E-state index contributed by atoms with van der Waals surface area (Å²) in [5.41, 5.74) is 0.831. The van der Waals surface area contributed by atoms with E-state index in [9.17, 15) is 4.79 Å². The Morgan fingerprint density at radius 3 is 3.11 bits per heavy atom. The first-order valence-corrected chi connectivity index (χ1v) is 6.54. The Balaban J connectivity index is 1.93. The Bertz CT molecular complexity index is 599. The Hall–Kier alpha value is -1.75. The fourth-order valence-corrected chi connectivity index (χ4v) is 2.82. The minimum absolute atomic E-state index is 0.298. The van der Waals surface area contributed by atoms with Crippen molar-refractivity contribution in [1.29, 1.82) is 0 Å². The van der Waals surface area contributed by atoms with Gasteiger partial charge in [-0.25, -0.2) is 4.79 Å². The number of methoxy groups -OCH3 is 1. The summed E-state index contributed by atoms with van der Waals surface area (Å²) < 4.78 is 10.4. The van der Waals surface area contributed by atoms with E-state index >= 15 is 0 Å². The maximum Gasteiger partial charge on any atom is 0.331 e. The number of aliphatic imine (C=N–C) groups is 1. The standard InChI is InChI=1S/C13H11NO3S/c1-16-13(15)9-7-18-12(14-9)11-6-8-4-2-3-5-10(8)17-11/h2-6,9H,7H2,1H3. The molecule has 0 saturated heterocycles. The number of esters is 1. The number of furan rings is 1. The third kappa shape index (κ3) is 1.90. The van der Waals surface area contributed by atoms with Crippen LogP contribution in [0.4, 0.5) is 0 Å². The molecule has 0 bridgehead atoms. The van der Waals surface area contributed by atoms with E-state index in [0.29, 0.717) is 11.5 Å². The molecule has 1 unspecified atom stereocenters. The summed E-state index contributed by atoms with van der Waals surface area (Å²) >= 11 is 1.52. The van der Waals surface area contributed by atoms with Crippen molar-refractivity contribution in [3.8, 4) is 0 Å². The molecule has 0 radical (unpaired) electrons. The first-order valence-electron chi connectivity index (χ1n) is 5.55. The van der Waals surface area contributed by atoms with Gasteiger partial charge in [0.15, 0.2) is 11.8 Å². The van der Waals surface area contributed by atoms with Gasteiger partial charge in [-0.15, -0.1) is 11.8 Å². The van der Waals surface area contributed by atoms with E-state index in [2.05, 4.69) is 9.73 Å². The molecule has 2 aromatic rings. The highest BCUT2D eigenvalue weighted by molar-refractivity contribution is 8.14. The van der Waals surface area contributed by atoms with Gasteiger partial charge in [0.2, 0.25) is 0 Å². The predicted molar refractivity (Wildman–Crippen MR) is 71.0 cm³/mol. The van der Waals surface area contributed by atoms with Gasteiger partial charge in [-0.3, -0.25) is 4.99 Å². The lowest BCUT2D eigenvalue weighted by Gasteiger charge is -2.00. The normalized spacial score (nSPS) is 18.9. The Morgan fingerprint density at radius 2 is 2.33 bits per heavy atom. The third-order valence-electron chi connectivity index (χ3n) is 2.76. The van der Waals surface area contributed by atoms with Crippen molar-refractivity contribution in [2.75, 3.05) is 12.9 Å². The first-order chi connectivity index (χ1) is 8.78. The van der Waals surface area contributed by atoms with Crippen LogP contribution in [0.5, 0.6) is 0 Å². The average molecular weight is 261 g/mol. The van der Waals surface area contributed by atoms with Crippen molar-refractivity contribution in [2.24, 2.45) is 4.99 Å². The molecular formula is C13H11NO3S. The van der Waals surface area contributed by atoms with Crippen molar-refractivity contribution in [3.05, 3.63) is 36.1 Å². The van der Waals surface area contributed by atoms with E-state index in [-0.39, 0.29) is 5.97 Å². The van der Waals surface area contributed by atoms with Crippen LogP contribution in [0.1, 0.15) is 5.76 Å². The zero-order valence-electron chi connectivity index (χ0n) is 9.75. The first kappa shape index (κ1) is 11.3. The lowest BCUT2D eigenvalue weighted by atomic mass is 10.2. The number of nitrogens with zero attached hydrogens (tertiary/aromatic N) is 1. The molecule has 18 heavy (non-hydrogen) atoms. The molecule has 2 heterocycles. The number of benzene rings is 1. The molecule has 5 heteroatoms. The van der Waals surface area contributed by atoms with Crippen LogP contribution in [0.3, 0.4) is 0 Å². The summed E-state index contributed by atoms with van der Waals surface area (Å²) in [5, 5.41) is 1.80. The highest BCUT2D eigenvalue weighted by Crippen LogP contribution is 2.28. The van der Waals surface area contributed by atoms with Gasteiger partial charge in [0.1, 0.15) is 10.6 Å². The Morgan fingerprint density at radius 1 is 1.50 bits per heavy atom. The zero-order chi connectivity index (χ0) is 12.5. The predicted octanol–water partition coefficient (Wildman–Crippen LogP) is 2.47. The zero-order valence-corrected chi connectivity index (χ0v) is 10.6. The lowest BCUT2D eigenvalue weighted by Crippen LogP contribution is -2.19. The van der Waals surface area contributed by atoms with Gasteiger partial charge >= 0.3 is 5.97 Å². The summed E-state index contributed by atoms with van der Waals surface area (Å²) in [6.07, 6.45) is 0. The van der Waals surface area contributed by atoms with Gasteiger partial charge in [0, 0.05) is 11.1 Å². The van der Waals surface area contributed by atoms with Gasteiger partial charge in [-0.1, -0.05) is 18.2 Å². The van der Waals surface area contributed by atoms with Crippen LogP contribution in [0, 0.1) is 0 Å². The van der Waals surface area contributed by atoms with E-state index in [4.69, 9.17) is 4.42 Å². The maximum atomic E-state index is 11.4. The number of thioether (sulfide) groups is 1. The SMILES string of the molecule is COC(=O)C1CSC(c2cc3ccccc3o2)=N1. The van der Waals surface area contributed by atoms with Gasteiger partial charge in [0.05, 0.1) is 7.11 Å². The van der Waals surface area contributed by atoms with Gasteiger partial charge in [-0.2, -0.15) is 0 Å². The summed E-state index contributed by atoms with van der Waals surface area (Å²) in [6.45, 7) is 0. The van der Waals surface area contributed by atoms with Gasteiger partial charge < -0.3 is 9.15 Å². The third-order valence-corrected chi connectivity index (χ3v) is 3.82. The smallest absolute Gasteiger partial charge is 0.331 e. The summed E-state index contributed by atoms with van der Waals surface area (Å²) in [7, 11) is 1.38. The van der Waals surface area contributed by atoms with E-state index < -0.39 is 6.04 Å². The van der Waals surface area contributed by atoms with Crippen molar-refractivity contribution in [3.63, 3.8) is 0 Å². The molecule has 0 amide bonds. The van der Waals surface area contributed by atoms with Crippen LogP contribution in [0.15, 0.2) is 39.7 Å². The minimum atomic E-state index is -0.414. The number of hydrogen-bond donors (Lipinski definition) is 0. The van der Waals surface area contributed by atoms with Crippen molar-refractivity contribution in [2.45, 2.75) is 6.04 Å². The van der Waals surface area contributed by atoms with Gasteiger partial charge in [-0.05, 0) is 12.1 Å². The second kappa shape index (κ2) is 4.49. The van der Waals surface area contributed by atoms with Crippen molar-refractivity contribution >= 4 is 33.7 Å². The molecular weight excluding hydrogens is 250 g/mol. The summed E-state index contributed by atoms with van der Waals surface area (Å²) in [6, 6.07) is 9.32. The number of rotatable bonds is 2. The van der Waals surface area contributed by atoms with Crippen molar-refractivity contribution < 1.29 is 13.9 Å². The number of hydrogen-bond acceptors (Lipinski definition) is 5. The lowest BCUT2D eigenvalue weighted by molar-refractivity contribution is -0.141. The van der Waals surface area contributed by atoms with E-state index in [1.807, 2.05) is 30.3 Å². The molecule has 0 spiro atoms. The second-order valence-electron chi connectivity index (χ2n) is 3.93. The molecule has 1 aromatic heterocycles. The van der Waals surface area contributed by atoms with Crippen LogP contribution in [0.2, 0.25) is 0 Å². The quantitative estimate of drug-likeness (QED) is 0.779. The molecule has 0 N–H and O–H groups in total. The molecule has 4 nitrogen and oxygen atoms in total. The molecule has 1 aliphatic heterocycles. The summed E-state index contributed by atoms with van der Waals surface area (Å²) in [4.78, 5) is 15.7. The fraction of sp³-hybridized carbons (Fsp3) is 0.231. The number of ether oxygens (including phenoxy) is 1.